The summed E-state index contributed by atoms with van der Waals surface area (Å²) in [5.74, 6) is 0.0612. The lowest BCUT2D eigenvalue weighted by molar-refractivity contribution is -0.121. The van der Waals surface area contributed by atoms with E-state index in [1.807, 2.05) is 60.7 Å². The van der Waals surface area contributed by atoms with Crippen molar-refractivity contribution in [1.82, 2.24) is 5.32 Å². The first-order valence-corrected chi connectivity index (χ1v) is 7.91. The molecule has 0 unspecified atom stereocenters. The summed E-state index contributed by atoms with van der Waals surface area (Å²) in [4.78, 5) is 25.9. The second kappa shape index (κ2) is 7.09. The Morgan fingerprint density at radius 1 is 1.04 bits per heavy atom. The van der Waals surface area contributed by atoms with Crippen LogP contribution in [0.3, 0.4) is 0 Å². The van der Waals surface area contributed by atoms with Crippen LogP contribution in [0.4, 0.5) is 5.69 Å². The molecule has 1 fully saturated rings. The summed E-state index contributed by atoms with van der Waals surface area (Å²) in [5, 5.41) is 2.98. The molecule has 2 aromatic carbocycles. The minimum atomic E-state index is -0.106. The second-order valence-electron chi connectivity index (χ2n) is 5.79. The number of para-hydroxylation sites is 1. The fourth-order valence-corrected chi connectivity index (χ4v) is 2.86. The summed E-state index contributed by atoms with van der Waals surface area (Å²) in [7, 11) is 0. The van der Waals surface area contributed by atoms with Crippen LogP contribution in [0, 0.1) is 0 Å². The summed E-state index contributed by atoms with van der Waals surface area (Å²) in [6.45, 7) is 0.542. The van der Waals surface area contributed by atoms with Crippen LogP contribution in [0.15, 0.2) is 60.7 Å². The van der Waals surface area contributed by atoms with E-state index in [0.29, 0.717) is 19.4 Å². The Labute approximate surface area is 136 Å². The minimum absolute atomic E-state index is 0.00145. The number of carbonyl (C=O) groups excluding carboxylic acids is 2. The first-order valence-electron chi connectivity index (χ1n) is 7.91. The first kappa shape index (κ1) is 15.3. The summed E-state index contributed by atoms with van der Waals surface area (Å²) in [6, 6.07) is 19.4. The van der Waals surface area contributed by atoms with E-state index in [2.05, 4.69) is 5.32 Å². The van der Waals surface area contributed by atoms with E-state index in [4.69, 9.17) is 0 Å². The molecule has 4 heteroatoms. The molecule has 1 atom stereocenters. The quantitative estimate of drug-likeness (QED) is 0.923. The fraction of sp³-hybridized carbons (Fsp3) is 0.263. The van der Waals surface area contributed by atoms with Gasteiger partial charge in [-0.3, -0.25) is 9.59 Å². The number of amides is 2. The molecule has 0 aliphatic carbocycles. The van der Waals surface area contributed by atoms with E-state index < -0.39 is 0 Å². The lowest BCUT2D eigenvalue weighted by Crippen LogP contribution is -2.37. The van der Waals surface area contributed by atoms with Crippen molar-refractivity contribution in [2.24, 2.45) is 0 Å². The van der Waals surface area contributed by atoms with Gasteiger partial charge in [0, 0.05) is 25.1 Å². The van der Waals surface area contributed by atoms with Gasteiger partial charge < -0.3 is 10.2 Å². The highest BCUT2D eigenvalue weighted by Gasteiger charge is 2.31. The maximum absolute atomic E-state index is 12.1. The summed E-state index contributed by atoms with van der Waals surface area (Å²) < 4.78 is 0. The maximum atomic E-state index is 12.1. The van der Waals surface area contributed by atoms with E-state index in [-0.39, 0.29) is 17.9 Å². The molecule has 0 spiro atoms. The largest absolute Gasteiger partial charge is 0.351 e. The van der Waals surface area contributed by atoms with Gasteiger partial charge >= 0.3 is 0 Å². The van der Waals surface area contributed by atoms with Crippen molar-refractivity contribution in [2.45, 2.75) is 25.3 Å². The molecule has 0 aromatic heterocycles. The molecule has 1 heterocycles. The zero-order chi connectivity index (χ0) is 16.1. The Morgan fingerprint density at radius 3 is 2.39 bits per heavy atom. The van der Waals surface area contributed by atoms with Gasteiger partial charge in [-0.05, 0) is 24.1 Å². The maximum Gasteiger partial charge on any atom is 0.229 e. The van der Waals surface area contributed by atoms with Crippen LogP contribution in [0.1, 0.15) is 18.4 Å². The van der Waals surface area contributed by atoms with E-state index in [0.717, 1.165) is 17.7 Å². The monoisotopic (exact) mass is 308 g/mol. The molecule has 1 saturated heterocycles. The molecule has 1 N–H and O–H groups in total. The number of carbonyl (C=O) groups is 2. The number of hydrogen-bond donors (Lipinski definition) is 1. The zero-order valence-corrected chi connectivity index (χ0v) is 12.9. The number of nitrogens with one attached hydrogen (secondary N) is 1. The van der Waals surface area contributed by atoms with Crippen molar-refractivity contribution in [1.29, 1.82) is 0 Å². The molecular weight excluding hydrogens is 288 g/mol. The first-order chi connectivity index (χ1) is 11.2. The molecule has 4 nitrogen and oxygen atoms in total. The lowest BCUT2D eigenvalue weighted by atomic mass is 10.1. The van der Waals surface area contributed by atoms with Crippen LogP contribution >= 0.6 is 0 Å². The molecule has 1 aliphatic rings. The third-order valence-corrected chi connectivity index (χ3v) is 4.04. The molecular formula is C19H20N2O2. The number of anilines is 1. The third-order valence-electron chi connectivity index (χ3n) is 4.04. The average molecular weight is 308 g/mol. The molecule has 0 saturated carbocycles. The predicted octanol–water partition coefficient (Wildman–Crippen LogP) is 2.54. The number of rotatable bonds is 5. The fourth-order valence-electron chi connectivity index (χ4n) is 2.86. The van der Waals surface area contributed by atoms with Gasteiger partial charge in [-0.1, -0.05) is 48.5 Å². The molecule has 2 amide bonds. The molecule has 2 aromatic rings. The van der Waals surface area contributed by atoms with Gasteiger partial charge in [0.1, 0.15) is 0 Å². The molecule has 1 aliphatic heterocycles. The Bertz CT molecular complexity index is 670. The van der Waals surface area contributed by atoms with Gasteiger partial charge in [0.15, 0.2) is 0 Å². The molecule has 0 bridgehead atoms. The lowest BCUT2D eigenvalue weighted by Gasteiger charge is -2.17. The van der Waals surface area contributed by atoms with Crippen molar-refractivity contribution in [3.05, 3.63) is 66.2 Å². The van der Waals surface area contributed by atoms with Gasteiger partial charge in [0.25, 0.3) is 0 Å². The summed E-state index contributed by atoms with van der Waals surface area (Å²) >= 11 is 0. The van der Waals surface area contributed by atoms with E-state index in [1.54, 1.807) is 4.90 Å². The van der Waals surface area contributed by atoms with Crippen LogP contribution in [0.5, 0.6) is 0 Å². The Balaban J connectivity index is 1.51. The van der Waals surface area contributed by atoms with Gasteiger partial charge in [-0.25, -0.2) is 0 Å². The number of nitrogens with zero attached hydrogens (tertiary/aromatic N) is 1. The zero-order valence-electron chi connectivity index (χ0n) is 12.9. The highest BCUT2D eigenvalue weighted by molar-refractivity contribution is 5.96. The molecule has 0 radical (unpaired) electrons. The SMILES string of the molecule is O=C(CCc1ccccc1)N[C@H]1CC(=O)N(c2ccccc2)C1. The Hall–Kier alpha value is -2.62. The standard InChI is InChI=1S/C19H20N2O2/c22-18(12-11-15-7-3-1-4-8-15)20-16-13-19(23)21(14-16)17-9-5-2-6-10-17/h1-10,16H,11-14H2,(H,20,22)/t16-/m0/s1. The van der Waals surface area contributed by atoms with E-state index in [1.165, 1.54) is 0 Å². The summed E-state index contributed by atoms with van der Waals surface area (Å²) in [6.07, 6.45) is 1.53. The number of benzene rings is 2. The number of aryl methyl sites for hydroxylation is 1. The Kier molecular flexibility index (Phi) is 4.71. The van der Waals surface area contributed by atoms with Crippen molar-refractivity contribution in [3.63, 3.8) is 0 Å². The van der Waals surface area contributed by atoms with Crippen LogP contribution in [0.25, 0.3) is 0 Å². The van der Waals surface area contributed by atoms with Crippen LogP contribution in [-0.2, 0) is 16.0 Å². The van der Waals surface area contributed by atoms with Crippen molar-refractivity contribution in [2.75, 3.05) is 11.4 Å². The van der Waals surface area contributed by atoms with Crippen molar-refractivity contribution < 1.29 is 9.59 Å². The Morgan fingerprint density at radius 2 is 1.70 bits per heavy atom. The highest BCUT2D eigenvalue weighted by atomic mass is 16.2. The van der Waals surface area contributed by atoms with E-state index in [9.17, 15) is 9.59 Å². The predicted molar refractivity (Wildman–Crippen MR) is 90.1 cm³/mol. The van der Waals surface area contributed by atoms with Crippen molar-refractivity contribution >= 4 is 17.5 Å². The summed E-state index contributed by atoms with van der Waals surface area (Å²) in [5.41, 5.74) is 2.04. The normalized spacial score (nSPS) is 17.3. The van der Waals surface area contributed by atoms with Crippen LogP contribution in [0.2, 0.25) is 0 Å². The van der Waals surface area contributed by atoms with Gasteiger partial charge in [-0.2, -0.15) is 0 Å². The molecule has 23 heavy (non-hydrogen) atoms. The smallest absolute Gasteiger partial charge is 0.229 e. The second-order valence-corrected chi connectivity index (χ2v) is 5.79. The molecule has 118 valence electrons. The third kappa shape index (κ3) is 3.97. The average Bonchev–Trinajstić information content (AvgIpc) is 2.95. The van der Waals surface area contributed by atoms with Gasteiger partial charge in [0.2, 0.25) is 11.8 Å². The van der Waals surface area contributed by atoms with Crippen LogP contribution < -0.4 is 10.2 Å². The minimum Gasteiger partial charge on any atom is -0.351 e. The van der Waals surface area contributed by atoms with Crippen LogP contribution in [-0.4, -0.2) is 24.4 Å². The molecule has 3 rings (SSSR count). The number of hydrogen-bond acceptors (Lipinski definition) is 2. The topological polar surface area (TPSA) is 49.4 Å². The van der Waals surface area contributed by atoms with Crippen molar-refractivity contribution in [3.8, 4) is 0 Å². The van der Waals surface area contributed by atoms with E-state index >= 15 is 0 Å². The van der Waals surface area contributed by atoms with Gasteiger partial charge in [-0.15, -0.1) is 0 Å². The van der Waals surface area contributed by atoms with Gasteiger partial charge in [0.05, 0.1) is 6.04 Å². The highest BCUT2D eigenvalue weighted by Crippen LogP contribution is 2.21.